The number of thioether (sulfide) groups is 1. The SMILES string of the molecule is CCCCN1C(=O)S/C(=C\c2cc(C)n(-c3ccc(Br)c4ccccc34)c2C)C1=O. The van der Waals surface area contributed by atoms with E-state index in [1.54, 1.807) is 0 Å². The fourth-order valence-electron chi connectivity index (χ4n) is 3.90. The second kappa shape index (κ2) is 8.44. The largest absolute Gasteiger partial charge is 0.317 e. The van der Waals surface area contributed by atoms with Crippen LogP contribution in [-0.4, -0.2) is 27.2 Å². The third kappa shape index (κ3) is 3.63. The highest BCUT2D eigenvalue weighted by atomic mass is 79.9. The van der Waals surface area contributed by atoms with Crippen molar-refractivity contribution in [3.05, 3.63) is 68.8 Å². The Balaban J connectivity index is 1.76. The number of hydrogen-bond acceptors (Lipinski definition) is 3. The van der Waals surface area contributed by atoms with Gasteiger partial charge in [0.2, 0.25) is 0 Å². The van der Waals surface area contributed by atoms with Crippen LogP contribution in [-0.2, 0) is 4.79 Å². The van der Waals surface area contributed by atoms with Crippen LogP contribution in [0.1, 0.15) is 36.7 Å². The predicted molar refractivity (Wildman–Crippen MR) is 128 cm³/mol. The molecule has 1 aliphatic rings. The van der Waals surface area contributed by atoms with Crippen molar-refractivity contribution in [2.45, 2.75) is 33.6 Å². The van der Waals surface area contributed by atoms with Crippen LogP contribution in [0.4, 0.5) is 4.79 Å². The van der Waals surface area contributed by atoms with Gasteiger partial charge >= 0.3 is 0 Å². The normalized spacial score (nSPS) is 15.7. The lowest BCUT2D eigenvalue weighted by atomic mass is 10.1. The van der Waals surface area contributed by atoms with Crippen molar-refractivity contribution in [2.75, 3.05) is 6.54 Å². The first-order valence-electron chi connectivity index (χ1n) is 10.0. The van der Waals surface area contributed by atoms with Crippen LogP contribution in [0.15, 0.2) is 51.8 Å². The number of fused-ring (bicyclic) bond motifs is 1. The molecule has 154 valence electrons. The van der Waals surface area contributed by atoms with Gasteiger partial charge in [-0.05, 0) is 67.3 Å². The van der Waals surface area contributed by atoms with Crippen LogP contribution in [0.25, 0.3) is 22.5 Å². The molecular weight excluding hydrogens is 460 g/mol. The van der Waals surface area contributed by atoms with Gasteiger partial charge < -0.3 is 4.57 Å². The van der Waals surface area contributed by atoms with Gasteiger partial charge in [-0.1, -0.05) is 53.5 Å². The number of amides is 2. The van der Waals surface area contributed by atoms with Gasteiger partial charge in [-0.15, -0.1) is 0 Å². The van der Waals surface area contributed by atoms with E-state index in [1.165, 1.54) is 4.90 Å². The summed E-state index contributed by atoms with van der Waals surface area (Å²) < 4.78 is 3.27. The smallest absolute Gasteiger partial charge is 0.293 e. The van der Waals surface area contributed by atoms with E-state index in [9.17, 15) is 9.59 Å². The first-order valence-corrected chi connectivity index (χ1v) is 11.6. The van der Waals surface area contributed by atoms with Gasteiger partial charge in [0.05, 0.1) is 10.6 Å². The van der Waals surface area contributed by atoms with Crippen LogP contribution in [0.2, 0.25) is 0 Å². The third-order valence-electron chi connectivity index (χ3n) is 5.45. The van der Waals surface area contributed by atoms with Crippen molar-refractivity contribution in [1.82, 2.24) is 9.47 Å². The van der Waals surface area contributed by atoms with Crippen molar-refractivity contribution >= 4 is 55.7 Å². The van der Waals surface area contributed by atoms with Gasteiger partial charge in [0.15, 0.2) is 0 Å². The summed E-state index contributed by atoms with van der Waals surface area (Å²) in [5.74, 6) is -0.183. The second-order valence-electron chi connectivity index (χ2n) is 7.46. The summed E-state index contributed by atoms with van der Waals surface area (Å²) in [5, 5.41) is 2.13. The number of carbonyl (C=O) groups is 2. The average Bonchev–Trinajstić information content (AvgIpc) is 3.16. The minimum Gasteiger partial charge on any atom is -0.317 e. The number of rotatable bonds is 5. The first kappa shape index (κ1) is 20.9. The highest BCUT2D eigenvalue weighted by Crippen LogP contribution is 2.35. The zero-order valence-electron chi connectivity index (χ0n) is 17.2. The number of carbonyl (C=O) groups excluding carboxylic acids is 2. The van der Waals surface area contributed by atoms with E-state index in [-0.39, 0.29) is 11.1 Å². The highest BCUT2D eigenvalue weighted by Gasteiger charge is 2.34. The van der Waals surface area contributed by atoms with Gasteiger partial charge in [0.25, 0.3) is 11.1 Å². The Morgan fingerprint density at radius 2 is 1.80 bits per heavy atom. The number of benzene rings is 2. The third-order valence-corrected chi connectivity index (χ3v) is 7.05. The van der Waals surface area contributed by atoms with E-state index < -0.39 is 0 Å². The maximum absolute atomic E-state index is 12.7. The summed E-state index contributed by atoms with van der Waals surface area (Å²) in [6.07, 6.45) is 3.64. The fraction of sp³-hybridized carbons (Fsp3) is 0.250. The van der Waals surface area contributed by atoms with Crippen molar-refractivity contribution in [3.8, 4) is 5.69 Å². The quantitative estimate of drug-likeness (QED) is 0.373. The molecule has 4 nitrogen and oxygen atoms in total. The molecule has 0 unspecified atom stereocenters. The molecule has 4 rings (SSSR count). The molecule has 3 aromatic rings. The summed E-state index contributed by atoms with van der Waals surface area (Å²) in [6, 6.07) is 14.5. The van der Waals surface area contributed by atoms with E-state index in [0.717, 1.165) is 62.5 Å². The number of aromatic nitrogens is 1. The fourth-order valence-corrected chi connectivity index (χ4v) is 5.23. The molecule has 0 saturated carbocycles. The number of unbranched alkanes of at least 4 members (excludes halogenated alkanes) is 1. The molecule has 2 amide bonds. The number of hydrogen-bond donors (Lipinski definition) is 0. The predicted octanol–water partition coefficient (Wildman–Crippen LogP) is 6.85. The summed E-state index contributed by atoms with van der Waals surface area (Å²) in [7, 11) is 0. The van der Waals surface area contributed by atoms with Crippen LogP contribution in [0.5, 0.6) is 0 Å². The van der Waals surface area contributed by atoms with Crippen LogP contribution in [0.3, 0.4) is 0 Å². The lowest BCUT2D eigenvalue weighted by molar-refractivity contribution is -0.122. The van der Waals surface area contributed by atoms with E-state index in [0.29, 0.717) is 11.4 Å². The molecule has 2 heterocycles. The van der Waals surface area contributed by atoms with Gasteiger partial charge in [0.1, 0.15) is 0 Å². The first-order chi connectivity index (χ1) is 14.4. The highest BCUT2D eigenvalue weighted by molar-refractivity contribution is 9.10. The Morgan fingerprint density at radius 1 is 1.07 bits per heavy atom. The van der Waals surface area contributed by atoms with E-state index in [1.807, 2.05) is 18.2 Å². The minimum absolute atomic E-state index is 0.174. The summed E-state index contributed by atoms with van der Waals surface area (Å²) in [6.45, 7) is 6.66. The van der Waals surface area contributed by atoms with Crippen molar-refractivity contribution in [1.29, 1.82) is 0 Å². The molecular formula is C24H23BrN2O2S. The minimum atomic E-state index is -0.183. The Morgan fingerprint density at radius 3 is 2.53 bits per heavy atom. The maximum atomic E-state index is 12.7. The van der Waals surface area contributed by atoms with Crippen LogP contribution >= 0.6 is 27.7 Å². The molecule has 2 aromatic carbocycles. The average molecular weight is 483 g/mol. The molecule has 1 aromatic heterocycles. The Hall–Kier alpha value is -2.31. The molecule has 0 aliphatic carbocycles. The van der Waals surface area contributed by atoms with Crippen LogP contribution < -0.4 is 0 Å². The second-order valence-corrected chi connectivity index (χ2v) is 9.31. The Labute approximate surface area is 189 Å². The van der Waals surface area contributed by atoms with E-state index in [2.05, 4.69) is 71.6 Å². The lowest BCUT2D eigenvalue weighted by Gasteiger charge is -2.14. The molecule has 0 N–H and O–H groups in total. The Kier molecular flexibility index (Phi) is 5.89. The lowest BCUT2D eigenvalue weighted by Crippen LogP contribution is -2.29. The van der Waals surface area contributed by atoms with Gasteiger partial charge in [-0.3, -0.25) is 14.5 Å². The van der Waals surface area contributed by atoms with Gasteiger partial charge in [-0.25, -0.2) is 0 Å². The van der Waals surface area contributed by atoms with Crippen molar-refractivity contribution < 1.29 is 9.59 Å². The summed E-state index contributed by atoms with van der Waals surface area (Å²) in [5.41, 5.74) is 4.18. The number of imide groups is 1. The van der Waals surface area contributed by atoms with Gasteiger partial charge in [0, 0.05) is 27.8 Å². The number of halogens is 1. The molecule has 1 saturated heterocycles. The number of aryl methyl sites for hydroxylation is 1. The zero-order valence-corrected chi connectivity index (χ0v) is 19.6. The molecule has 30 heavy (non-hydrogen) atoms. The molecule has 0 spiro atoms. The standard InChI is InChI=1S/C24H23BrN2O2S/c1-4-5-12-26-23(28)22(30-24(26)29)14-17-13-15(2)27(16(17)3)21-11-10-20(25)18-8-6-7-9-19(18)21/h6-11,13-14H,4-5,12H2,1-3H3/b22-14-. The molecule has 0 bridgehead atoms. The molecule has 0 atom stereocenters. The van der Waals surface area contributed by atoms with E-state index >= 15 is 0 Å². The molecule has 1 aliphatic heterocycles. The monoisotopic (exact) mass is 482 g/mol. The topological polar surface area (TPSA) is 42.3 Å². The molecule has 6 heteroatoms. The summed E-state index contributed by atoms with van der Waals surface area (Å²) in [4.78, 5) is 26.8. The Bertz CT molecular complexity index is 1200. The molecule has 1 fully saturated rings. The van der Waals surface area contributed by atoms with Gasteiger partial charge in [-0.2, -0.15) is 0 Å². The maximum Gasteiger partial charge on any atom is 0.293 e. The van der Waals surface area contributed by atoms with Crippen molar-refractivity contribution in [2.24, 2.45) is 0 Å². The van der Waals surface area contributed by atoms with E-state index in [4.69, 9.17) is 0 Å². The van der Waals surface area contributed by atoms with Crippen LogP contribution in [0, 0.1) is 13.8 Å². The summed E-state index contributed by atoms with van der Waals surface area (Å²) >= 11 is 4.68. The molecule has 0 radical (unpaired) electrons. The van der Waals surface area contributed by atoms with Crippen molar-refractivity contribution in [3.63, 3.8) is 0 Å². The zero-order chi connectivity index (χ0) is 21.4. The number of nitrogens with zero attached hydrogens (tertiary/aromatic N) is 2.